The molecule has 0 aliphatic carbocycles. The lowest BCUT2D eigenvalue weighted by atomic mass is 10.2. The average molecular weight is 297 g/mol. The molecule has 0 atom stereocenters. The lowest BCUT2D eigenvalue weighted by molar-refractivity contribution is -0.153. The standard InChI is InChI=1S/C14H14F3N3O/c15-14(16,17)6-13(21)18-7-12-8-19-20(10-12)9-11-4-2-1-3-5-11/h1-5,8,10H,6-7,9H2,(H,18,21). The van der Waals surface area contributed by atoms with Gasteiger partial charge in [-0.1, -0.05) is 30.3 Å². The molecular formula is C14H14F3N3O. The van der Waals surface area contributed by atoms with Crippen molar-refractivity contribution < 1.29 is 18.0 Å². The number of rotatable bonds is 5. The molecule has 4 nitrogen and oxygen atoms in total. The van der Waals surface area contributed by atoms with Crippen molar-refractivity contribution in [2.24, 2.45) is 0 Å². The van der Waals surface area contributed by atoms with Gasteiger partial charge in [0.05, 0.1) is 12.7 Å². The molecule has 0 unspecified atom stereocenters. The zero-order valence-electron chi connectivity index (χ0n) is 11.1. The normalized spacial score (nSPS) is 11.4. The number of alkyl halides is 3. The molecule has 1 N–H and O–H groups in total. The van der Waals surface area contributed by atoms with Crippen molar-refractivity contribution in [3.8, 4) is 0 Å². The highest BCUT2D eigenvalue weighted by atomic mass is 19.4. The Kier molecular flexibility index (Phi) is 4.62. The first-order valence-corrected chi connectivity index (χ1v) is 6.31. The quantitative estimate of drug-likeness (QED) is 0.921. The molecule has 1 heterocycles. The highest BCUT2D eigenvalue weighted by Crippen LogP contribution is 2.18. The van der Waals surface area contributed by atoms with Gasteiger partial charge in [-0.25, -0.2) is 0 Å². The summed E-state index contributed by atoms with van der Waals surface area (Å²) in [6, 6.07) is 9.64. The molecule has 2 aromatic rings. The van der Waals surface area contributed by atoms with Gasteiger partial charge in [-0.3, -0.25) is 9.48 Å². The van der Waals surface area contributed by atoms with Gasteiger partial charge in [-0.15, -0.1) is 0 Å². The van der Waals surface area contributed by atoms with Crippen LogP contribution in [0.5, 0.6) is 0 Å². The van der Waals surface area contributed by atoms with Gasteiger partial charge in [0.1, 0.15) is 6.42 Å². The maximum atomic E-state index is 12.0. The van der Waals surface area contributed by atoms with E-state index in [0.29, 0.717) is 12.1 Å². The highest BCUT2D eigenvalue weighted by Gasteiger charge is 2.30. The molecule has 0 radical (unpaired) electrons. The molecule has 0 saturated carbocycles. The number of amides is 1. The van der Waals surface area contributed by atoms with Crippen LogP contribution in [0.1, 0.15) is 17.5 Å². The predicted molar refractivity (Wildman–Crippen MR) is 70.3 cm³/mol. The Morgan fingerprint density at radius 1 is 1.19 bits per heavy atom. The first kappa shape index (κ1) is 15.1. The summed E-state index contributed by atoms with van der Waals surface area (Å²) >= 11 is 0. The number of benzene rings is 1. The smallest absolute Gasteiger partial charge is 0.352 e. The molecule has 21 heavy (non-hydrogen) atoms. The van der Waals surface area contributed by atoms with E-state index >= 15 is 0 Å². The number of hydrogen-bond acceptors (Lipinski definition) is 2. The molecule has 0 fully saturated rings. The summed E-state index contributed by atoms with van der Waals surface area (Å²) in [4.78, 5) is 11.1. The second-order valence-corrected chi connectivity index (χ2v) is 4.60. The fourth-order valence-electron chi connectivity index (χ4n) is 1.80. The number of halogens is 3. The second-order valence-electron chi connectivity index (χ2n) is 4.60. The second kappa shape index (κ2) is 6.43. The van der Waals surface area contributed by atoms with Crippen LogP contribution in [0.2, 0.25) is 0 Å². The van der Waals surface area contributed by atoms with Crippen molar-refractivity contribution in [2.45, 2.75) is 25.7 Å². The summed E-state index contributed by atoms with van der Waals surface area (Å²) in [5.41, 5.74) is 1.72. The van der Waals surface area contributed by atoms with Crippen molar-refractivity contribution in [1.82, 2.24) is 15.1 Å². The molecule has 0 aliphatic heterocycles. The maximum Gasteiger partial charge on any atom is 0.397 e. The van der Waals surface area contributed by atoms with Gasteiger partial charge < -0.3 is 5.32 Å². The molecule has 7 heteroatoms. The molecule has 0 spiro atoms. The van der Waals surface area contributed by atoms with Gasteiger partial charge in [0.2, 0.25) is 5.91 Å². The Labute approximate surface area is 119 Å². The lowest BCUT2D eigenvalue weighted by Crippen LogP contribution is -2.27. The Morgan fingerprint density at radius 2 is 1.90 bits per heavy atom. The van der Waals surface area contributed by atoms with Crippen LogP contribution < -0.4 is 5.32 Å². The summed E-state index contributed by atoms with van der Waals surface area (Å²) in [5, 5.41) is 6.33. The molecule has 112 valence electrons. The highest BCUT2D eigenvalue weighted by molar-refractivity contribution is 5.76. The van der Waals surface area contributed by atoms with Gasteiger partial charge in [0.15, 0.2) is 0 Å². The van der Waals surface area contributed by atoms with Crippen molar-refractivity contribution >= 4 is 5.91 Å². The predicted octanol–water partition coefficient (Wildman–Crippen LogP) is 2.50. The maximum absolute atomic E-state index is 12.0. The van der Waals surface area contributed by atoms with Crippen molar-refractivity contribution in [1.29, 1.82) is 0 Å². The minimum atomic E-state index is -4.48. The summed E-state index contributed by atoms with van der Waals surface area (Å²) in [5.74, 6) is -1.04. The molecule has 1 aromatic heterocycles. The number of hydrogen-bond donors (Lipinski definition) is 1. The fraction of sp³-hybridized carbons (Fsp3) is 0.286. The number of carbonyl (C=O) groups is 1. The van der Waals surface area contributed by atoms with Gasteiger partial charge in [-0.05, 0) is 5.56 Å². The van der Waals surface area contributed by atoms with E-state index in [2.05, 4.69) is 10.4 Å². The number of nitrogens with one attached hydrogen (secondary N) is 1. The van der Waals surface area contributed by atoms with Crippen LogP contribution in [-0.2, 0) is 17.9 Å². The van der Waals surface area contributed by atoms with Crippen LogP contribution >= 0.6 is 0 Å². The third kappa shape index (κ3) is 5.29. The van der Waals surface area contributed by atoms with Gasteiger partial charge in [0.25, 0.3) is 0 Å². The SMILES string of the molecule is O=C(CC(F)(F)F)NCc1cnn(Cc2ccccc2)c1. The molecule has 1 amide bonds. The van der Waals surface area contributed by atoms with Crippen LogP contribution in [0, 0.1) is 0 Å². The Hall–Kier alpha value is -2.31. The van der Waals surface area contributed by atoms with Crippen LogP contribution in [0.4, 0.5) is 13.2 Å². The topological polar surface area (TPSA) is 46.9 Å². The van der Waals surface area contributed by atoms with Gasteiger partial charge in [0, 0.05) is 18.3 Å². The third-order valence-electron chi connectivity index (χ3n) is 2.72. The summed E-state index contributed by atoms with van der Waals surface area (Å²) in [7, 11) is 0. The fourth-order valence-corrected chi connectivity index (χ4v) is 1.80. The zero-order chi connectivity index (χ0) is 15.3. The van der Waals surface area contributed by atoms with E-state index in [9.17, 15) is 18.0 Å². The molecule has 2 rings (SSSR count). The third-order valence-corrected chi connectivity index (χ3v) is 2.72. The number of carbonyl (C=O) groups excluding carboxylic acids is 1. The van der Waals surface area contributed by atoms with Crippen LogP contribution in [0.25, 0.3) is 0 Å². The molecular weight excluding hydrogens is 283 g/mol. The van der Waals surface area contributed by atoms with E-state index in [-0.39, 0.29) is 6.54 Å². The van der Waals surface area contributed by atoms with E-state index in [4.69, 9.17) is 0 Å². The van der Waals surface area contributed by atoms with E-state index in [0.717, 1.165) is 5.56 Å². The van der Waals surface area contributed by atoms with Gasteiger partial charge in [-0.2, -0.15) is 18.3 Å². The largest absolute Gasteiger partial charge is 0.397 e. The summed E-state index contributed by atoms with van der Waals surface area (Å²) < 4.78 is 37.7. The number of nitrogens with zero attached hydrogens (tertiary/aromatic N) is 2. The van der Waals surface area contributed by atoms with E-state index < -0.39 is 18.5 Å². The van der Waals surface area contributed by atoms with Crippen molar-refractivity contribution in [2.75, 3.05) is 0 Å². The monoisotopic (exact) mass is 297 g/mol. The Bertz CT molecular complexity index is 593. The lowest BCUT2D eigenvalue weighted by Gasteiger charge is -2.06. The average Bonchev–Trinajstić information content (AvgIpc) is 2.83. The van der Waals surface area contributed by atoms with Crippen molar-refractivity contribution in [3.63, 3.8) is 0 Å². The molecule has 0 aliphatic rings. The molecule has 0 saturated heterocycles. The first-order valence-electron chi connectivity index (χ1n) is 6.31. The van der Waals surface area contributed by atoms with E-state index in [1.54, 1.807) is 10.9 Å². The molecule has 1 aromatic carbocycles. The number of aromatic nitrogens is 2. The zero-order valence-corrected chi connectivity index (χ0v) is 11.1. The first-order chi connectivity index (χ1) is 9.92. The van der Waals surface area contributed by atoms with Gasteiger partial charge >= 0.3 is 6.18 Å². The van der Waals surface area contributed by atoms with Crippen LogP contribution in [0.3, 0.4) is 0 Å². The molecule has 0 bridgehead atoms. The minimum Gasteiger partial charge on any atom is -0.352 e. The van der Waals surface area contributed by atoms with E-state index in [1.807, 2.05) is 30.3 Å². The Balaban J connectivity index is 1.85. The van der Waals surface area contributed by atoms with Crippen LogP contribution in [0.15, 0.2) is 42.7 Å². The minimum absolute atomic E-state index is 0.0315. The van der Waals surface area contributed by atoms with Crippen LogP contribution in [-0.4, -0.2) is 21.9 Å². The van der Waals surface area contributed by atoms with Crippen molar-refractivity contribution in [3.05, 3.63) is 53.9 Å². The van der Waals surface area contributed by atoms with E-state index in [1.165, 1.54) is 6.20 Å². The Morgan fingerprint density at radius 3 is 2.57 bits per heavy atom. The summed E-state index contributed by atoms with van der Waals surface area (Å²) in [6.45, 7) is 0.598. The summed E-state index contributed by atoms with van der Waals surface area (Å²) in [6.07, 6.45) is -2.73.